The molecule has 122 heavy (non-hydrogen) atoms. The summed E-state index contributed by atoms with van der Waals surface area (Å²) in [4.78, 5) is 0. The number of hydrogen-bond acceptors (Lipinski definition) is 0. The molecule has 4 heterocycles. The van der Waals surface area contributed by atoms with Gasteiger partial charge in [0, 0.05) is 65.5 Å². The maximum Gasteiger partial charge on any atom is 0.0541 e. The van der Waals surface area contributed by atoms with Crippen molar-refractivity contribution in [1.82, 2.24) is 18.3 Å². The highest BCUT2D eigenvalue weighted by Gasteiger charge is 2.25. The van der Waals surface area contributed by atoms with Crippen molar-refractivity contribution in [2.45, 2.75) is 0 Å². The summed E-state index contributed by atoms with van der Waals surface area (Å²) in [6.07, 6.45) is 0. The number of hydrogen-bond donors (Lipinski definition) is 0. The molecule has 0 aliphatic heterocycles. The summed E-state index contributed by atoms with van der Waals surface area (Å²) in [5.41, 5.74) is 29.5. The summed E-state index contributed by atoms with van der Waals surface area (Å²) in [5, 5.41) is 28.0. The van der Waals surface area contributed by atoms with Gasteiger partial charge >= 0.3 is 0 Å². The standard InChI is InChI=1S/C60H36N2.C58H36N2/c1-2-11-42(12-3-1)61-56-19-8-6-15-49(56)54-35-37(24-31-58(54)61)38-25-32-59-55(36-38)50-16-7-9-20-57(50)62(59)43-26-28-45-41(34-43)22-21-39-33-40(23-27-44(39)45)46-29-30-53-48-14-5-4-13-47(48)52-18-10-17-51(46)60(52)53;1-2-14-40(15-3-1)59-54-24-12-10-22-49(54)52-34-37(27-31-57(52)59)38-28-32-58-53(35-38)50-23-11-13-25-55(50)60(58)56-33-30-41(42-16-8-9-21-48(42)56)39-26-29-47-45-19-5-4-17-43(45)44-18-6-7-20-46(44)51(47)36-39/h1-36H;1-36H. The first kappa shape index (κ1) is 68.0. The Morgan fingerprint density at radius 1 is 0.123 bits per heavy atom. The van der Waals surface area contributed by atoms with Gasteiger partial charge in [0.2, 0.25) is 0 Å². The van der Waals surface area contributed by atoms with Crippen LogP contribution in [0, 0.1) is 0 Å². The van der Waals surface area contributed by atoms with Gasteiger partial charge in [-0.1, -0.05) is 309 Å². The molecule has 1 aliphatic rings. The minimum Gasteiger partial charge on any atom is -0.309 e. The van der Waals surface area contributed by atoms with Gasteiger partial charge in [0.1, 0.15) is 0 Å². The summed E-state index contributed by atoms with van der Waals surface area (Å²) >= 11 is 0. The third kappa shape index (κ3) is 10.2. The zero-order valence-corrected chi connectivity index (χ0v) is 66.4. The highest BCUT2D eigenvalue weighted by atomic mass is 15.0. The van der Waals surface area contributed by atoms with E-state index >= 15 is 0 Å². The molecule has 0 bridgehead atoms. The maximum absolute atomic E-state index is 2.47. The van der Waals surface area contributed by atoms with Crippen LogP contribution in [0.3, 0.4) is 0 Å². The predicted octanol–water partition coefficient (Wildman–Crippen LogP) is 32.1. The summed E-state index contributed by atoms with van der Waals surface area (Å²) in [5.74, 6) is 0. The number of rotatable bonds is 8. The molecule has 0 N–H and O–H groups in total. The van der Waals surface area contributed by atoms with Gasteiger partial charge in [-0.25, -0.2) is 0 Å². The van der Waals surface area contributed by atoms with Gasteiger partial charge in [0.15, 0.2) is 0 Å². The number of para-hydroxylation sites is 6. The first-order valence-electron chi connectivity index (χ1n) is 42.3. The zero-order chi connectivity index (χ0) is 79.8. The topological polar surface area (TPSA) is 19.7 Å². The fourth-order valence-corrected chi connectivity index (χ4v) is 21.1. The van der Waals surface area contributed by atoms with Crippen molar-refractivity contribution in [3.05, 3.63) is 437 Å². The minimum atomic E-state index is 1.16. The lowest BCUT2D eigenvalue weighted by atomic mass is 9.90. The second-order valence-corrected chi connectivity index (χ2v) is 32.9. The Balaban J connectivity index is 0.000000131. The second-order valence-electron chi connectivity index (χ2n) is 32.9. The van der Waals surface area contributed by atoms with E-state index in [-0.39, 0.29) is 0 Å². The molecule has 0 fully saturated rings. The molecule has 564 valence electrons. The van der Waals surface area contributed by atoms with Crippen molar-refractivity contribution < 1.29 is 0 Å². The smallest absolute Gasteiger partial charge is 0.0541 e. The van der Waals surface area contributed by atoms with Gasteiger partial charge in [0.05, 0.1) is 49.8 Å². The normalized spacial score (nSPS) is 12.1. The molecule has 0 saturated carbocycles. The van der Waals surface area contributed by atoms with Gasteiger partial charge in [-0.15, -0.1) is 0 Å². The Bertz CT molecular complexity index is 8890. The molecular formula is C118H72N4. The van der Waals surface area contributed by atoms with Crippen molar-refractivity contribution in [3.8, 4) is 89.5 Å². The third-order valence-corrected chi connectivity index (χ3v) is 26.5. The van der Waals surface area contributed by atoms with E-state index in [0.717, 1.165) is 5.69 Å². The Morgan fingerprint density at radius 2 is 0.434 bits per heavy atom. The Morgan fingerprint density at radius 3 is 0.943 bits per heavy atom. The molecule has 0 amide bonds. The molecule has 26 aromatic rings. The van der Waals surface area contributed by atoms with Gasteiger partial charge < -0.3 is 18.3 Å². The third-order valence-electron chi connectivity index (χ3n) is 26.5. The Kier molecular flexibility index (Phi) is 14.9. The summed E-state index contributed by atoms with van der Waals surface area (Å²) < 4.78 is 9.66. The van der Waals surface area contributed by atoms with Gasteiger partial charge in [0.25, 0.3) is 0 Å². The Hall–Kier alpha value is -16.1. The number of nitrogens with zero attached hydrogens (tertiary/aromatic N) is 4. The molecule has 0 radical (unpaired) electrons. The summed E-state index contributed by atoms with van der Waals surface area (Å²) in [7, 11) is 0. The van der Waals surface area contributed by atoms with Crippen molar-refractivity contribution in [2.24, 2.45) is 0 Å². The highest BCUT2D eigenvalue weighted by Crippen LogP contribution is 2.51. The van der Waals surface area contributed by atoms with E-state index in [1.807, 2.05) is 0 Å². The first-order chi connectivity index (χ1) is 60.5. The highest BCUT2D eigenvalue weighted by molar-refractivity contribution is 6.27. The summed E-state index contributed by atoms with van der Waals surface area (Å²) in [6, 6.07) is 162. The van der Waals surface area contributed by atoms with E-state index in [4.69, 9.17) is 0 Å². The van der Waals surface area contributed by atoms with Crippen molar-refractivity contribution in [3.63, 3.8) is 0 Å². The molecule has 0 saturated heterocycles. The molecule has 0 spiro atoms. The lowest BCUT2D eigenvalue weighted by Crippen LogP contribution is -1.96. The number of aromatic nitrogens is 4. The largest absolute Gasteiger partial charge is 0.309 e. The van der Waals surface area contributed by atoms with E-state index < -0.39 is 0 Å². The van der Waals surface area contributed by atoms with Crippen LogP contribution in [0.5, 0.6) is 0 Å². The Labute approximate surface area is 702 Å². The van der Waals surface area contributed by atoms with Crippen LogP contribution in [-0.2, 0) is 0 Å². The molecule has 27 rings (SSSR count). The van der Waals surface area contributed by atoms with E-state index in [1.54, 1.807) is 0 Å². The monoisotopic (exact) mass is 1540 g/mol. The quantitative estimate of drug-likeness (QED) is 0.135. The van der Waals surface area contributed by atoms with Crippen molar-refractivity contribution in [2.75, 3.05) is 0 Å². The van der Waals surface area contributed by atoms with Crippen molar-refractivity contribution in [1.29, 1.82) is 0 Å². The fraction of sp³-hybridized carbons (Fsp3) is 0. The van der Waals surface area contributed by atoms with Gasteiger partial charge in [-0.2, -0.15) is 0 Å². The predicted molar refractivity (Wildman–Crippen MR) is 519 cm³/mol. The van der Waals surface area contributed by atoms with Crippen LogP contribution in [0.1, 0.15) is 0 Å². The number of fused-ring (bicyclic) bond motifs is 25. The lowest BCUT2D eigenvalue weighted by Gasteiger charge is -2.16. The fourth-order valence-electron chi connectivity index (χ4n) is 21.1. The van der Waals surface area contributed by atoms with E-state index in [0.29, 0.717) is 0 Å². The van der Waals surface area contributed by atoms with Gasteiger partial charge in [-0.05, 0) is 264 Å². The van der Waals surface area contributed by atoms with E-state index in [2.05, 4.69) is 455 Å². The SMILES string of the molecule is c1ccc(-n2c3ccccc3c3cc(-c4ccc5c(c4)c4ccccc4n5-c4ccc(-c5ccc6c7ccccc7c7ccccc7c6c5)c5ccccc45)ccc32)cc1.c1ccc(-n2c3ccccc3c3cc(-c4ccc5c(c4)c4ccccc4n5-c4ccc5c(ccc6cc(-c7ccc8c9c(cccc79)-c7ccccc7-8)ccc65)c4)ccc32)cc1. The maximum atomic E-state index is 2.47. The average Bonchev–Trinajstić information content (AvgIpc) is 1.43. The van der Waals surface area contributed by atoms with Crippen LogP contribution in [0.4, 0.5) is 0 Å². The minimum absolute atomic E-state index is 1.16. The molecule has 1 aliphatic carbocycles. The van der Waals surface area contributed by atoms with Crippen LogP contribution >= 0.6 is 0 Å². The van der Waals surface area contributed by atoms with Crippen LogP contribution in [0.25, 0.3) is 252 Å². The molecule has 4 nitrogen and oxygen atoms in total. The molecule has 0 unspecified atom stereocenters. The zero-order valence-electron chi connectivity index (χ0n) is 66.4. The molecule has 4 heteroatoms. The van der Waals surface area contributed by atoms with Crippen LogP contribution in [-0.4, -0.2) is 18.3 Å². The molecule has 22 aromatic carbocycles. The second kappa shape index (κ2) is 26.7. The van der Waals surface area contributed by atoms with Crippen LogP contribution in [0.15, 0.2) is 437 Å². The molecular weight excluding hydrogens is 1470 g/mol. The first-order valence-corrected chi connectivity index (χ1v) is 42.3. The molecule has 4 aromatic heterocycles. The van der Waals surface area contributed by atoms with Crippen LogP contribution < -0.4 is 0 Å². The van der Waals surface area contributed by atoms with Gasteiger partial charge in [-0.3, -0.25) is 0 Å². The average molecular weight is 1550 g/mol. The van der Waals surface area contributed by atoms with Crippen molar-refractivity contribution >= 4 is 163 Å². The molecule has 0 atom stereocenters. The van der Waals surface area contributed by atoms with E-state index in [9.17, 15) is 0 Å². The lowest BCUT2D eigenvalue weighted by molar-refractivity contribution is 1.18. The van der Waals surface area contributed by atoms with Crippen LogP contribution in [0.2, 0.25) is 0 Å². The van der Waals surface area contributed by atoms with E-state index in [1.165, 1.54) is 246 Å². The number of benzene rings is 22. The summed E-state index contributed by atoms with van der Waals surface area (Å²) in [6.45, 7) is 0.